The van der Waals surface area contributed by atoms with Gasteiger partial charge >= 0.3 is 0 Å². The first-order valence-corrected chi connectivity index (χ1v) is 6.42. The average molecular weight is 285 g/mol. The van der Waals surface area contributed by atoms with E-state index in [1.165, 1.54) is 0 Å². The molecular formula is C13H17ClN2O3. The second-order valence-corrected chi connectivity index (χ2v) is 4.97. The first-order chi connectivity index (χ1) is 9.05. The molecule has 2 heterocycles. The molecule has 104 valence electrons. The molecule has 1 saturated heterocycles. The molecule has 2 rings (SSSR count). The average Bonchev–Trinajstić information content (AvgIpc) is 2.79. The molecule has 1 amide bonds. The molecule has 0 aromatic carbocycles. The third-order valence-corrected chi connectivity index (χ3v) is 3.47. The van der Waals surface area contributed by atoms with Gasteiger partial charge in [0, 0.05) is 38.6 Å². The lowest BCUT2D eigenvalue weighted by molar-refractivity contribution is -0.00461. The van der Waals surface area contributed by atoms with Crippen LogP contribution in [0.25, 0.3) is 0 Å². The Hall–Kier alpha value is -1.17. The maximum Gasteiger partial charge on any atom is 0.254 e. The minimum absolute atomic E-state index is 0.0750. The van der Waals surface area contributed by atoms with Gasteiger partial charge in [-0.05, 0) is 19.1 Å². The smallest absolute Gasteiger partial charge is 0.254 e. The highest BCUT2D eigenvalue weighted by Crippen LogP contribution is 2.19. The van der Waals surface area contributed by atoms with Crippen molar-refractivity contribution in [1.82, 2.24) is 9.88 Å². The predicted octanol–water partition coefficient (Wildman–Crippen LogP) is 1.53. The van der Waals surface area contributed by atoms with Gasteiger partial charge in [0.2, 0.25) is 0 Å². The summed E-state index contributed by atoms with van der Waals surface area (Å²) in [4.78, 5) is 18.2. The largest absolute Gasteiger partial charge is 0.377 e. The van der Waals surface area contributed by atoms with Crippen molar-refractivity contribution >= 4 is 17.5 Å². The third kappa shape index (κ3) is 3.05. The number of halogens is 1. The summed E-state index contributed by atoms with van der Waals surface area (Å²) in [7, 11) is 3.25. The summed E-state index contributed by atoms with van der Waals surface area (Å²) in [6.07, 6.45) is -0.181. The number of ether oxygens (including phenoxy) is 2. The maximum atomic E-state index is 12.4. The van der Waals surface area contributed by atoms with E-state index >= 15 is 0 Å². The Morgan fingerprint density at radius 1 is 1.32 bits per heavy atom. The van der Waals surface area contributed by atoms with Crippen LogP contribution in [0.1, 0.15) is 16.1 Å². The van der Waals surface area contributed by atoms with E-state index < -0.39 is 0 Å². The molecule has 2 unspecified atom stereocenters. The number of rotatable bonds is 3. The van der Waals surface area contributed by atoms with Gasteiger partial charge in [0.05, 0.1) is 0 Å². The first kappa shape index (κ1) is 14.2. The fraction of sp³-hybridized carbons (Fsp3) is 0.538. The number of carbonyl (C=O) groups excluding carboxylic acids is 1. The Bertz CT molecular complexity index is 449. The van der Waals surface area contributed by atoms with Gasteiger partial charge in [0.25, 0.3) is 5.91 Å². The SMILES string of the molecule is COC1CN(C(=O)c2cc(C)nc(Cl)c2)CC1OC. The van der Waals surface area contributed by atoms with Crippen LogP contribution < -0.4 is 0 Å². The molecule has 0 bridgehead atoms. The molecule has 2 atom stereocenters. The highest BCUT2D eigenvalue weighted by molar-refractivity contribution is 6.29. The number of aryl methyl sites for hydroxylation is 1. The molecule has 0 aliphatic carbocycles. The minimum Gasteiger partial charge on any atom is -0.377 e. The maximum absolute atomic E-state index is 12.4. The highest BCUT2D eigenvalue weighted by Gasteiger charge is 2.35. The van der Waals surface area contributed by atoms with Crippen LogP contribution in [0.5, 0.6) is 0 Å². The van der Waals surface area contributed by atoms with E-state index in [1.807, 2.05) is 6.92 Å². The molecule has 1 aromatic rings. The van der Waals surface area contributed by atoms with E-state index in [4.69, 9.17) is 21.1 Å². The van der Waals surface area contributed by atoms with Crippen molar-refractivity contribution in [2.75, 3.05) is 27.3 Å². The molecule has 5 nitrogen and oxygen atoms in total. The van der Waals surface area contributed by atoms with Gasteiger partial charge in [-0.25, -0.2) is 4.98 Å². The molecule has 1 aliphatic rings. The number of likely N-dealkylation sites (tertiary alicyclic amines) is 1. The van der Waals surface area contributed by atoms with Crippen molar-refractivity contribution in [1.29, 1.82) is 0 Å². The number of hydrogen-bond donors (Lipinski definition) is 0. The minimum atomic E-state index is -0.0904. The normalized spacial score (nSPS) is 22.8. The zero-order valence-corrected chi connectivity index (χ0v) is 12.0. The number of carbonyl (C=O) groups is 1. The molecule has 1 aromatic heterocycles. The van der Waals surface area contributed by atoms with Crippen LogP contribution in [0.3, 0.4) is 0 Å². The molecule has 1 aliphatic heterocycles. The Labute approximate surface area is 117 Å². The summed E-state index contributed by atoms with van der Waals surface area (Å²) in [5.74, 6) is -0.0750. The summed E-state index contributed by atoms with van der Waals surface area (Å²) >= 11 is 5.88. The van der Waals surface area contributed by atoms with Crippen LogP contribution in [0, 0.1) is 6.92 Å². The van der Waals surface area contributed by atoms with Gasteiger partial charge in [-0.1, -0.05) is 11.6 Å². The second kappa shape index (κ2) is 5.86. The lowest BCUT2D eigenvalue weighted by Crippen LogP contribution is -2.30. The Balaban J connectivity index is 2.16. The molecule has 0 saturated carbocycles. The molecule has 1 fully saturated rings. The summed E-state index contributed by atoms with van der Waals surface area (Å²) in [5, 5.41) is 0.328. The van der Waals surface area contributed by atoms with Crippen molar-refractivity contribution < 1.29 is 14.3 Å². The van der Waals surface area contributed by atoms with Gasteiger partial charge < -0.3 is 14.4 Å². The Morgan fingerprint density at radius 2 is 1.89 bits per heavy atom. The molecule has 6 heteroatoms. The van der Waals surface area contributed by atoms with Crippen LogP contribution in [0.15, 0.2) is 12.1 Å². The Morgan fingerprint density at radius 3 is 2.37 bits per heavy atom. The van der Waals surface area contributed by atoms with E-state index in [9.17, 15) is 4.79 Å². The summed E-state index contributed by atoms with van der Waals surface area (Å²) in [5.41, 5.74) is 1.27. The first-order valence-electron chi connectivity index (χ1n) is 6.04. The van der Waals surface area contributed by atoms with Crippen LogP contribution in [-0.2, 0) is 9.47 Å². The van der Waals surface area contributed by atoms with Gasteiger partial charge in [0.15, 0.2) is 0 Å². The van der Waals surface area contributed by atoms with Gasteiger partial charge in [0.1, 0.15) is 17.4 Å². The number of nitrogens with zero attached hydrogens (tertiary/aromatic N) is 2. The van der Waals surface area contributed by atoms with E-state index in [0.717, 1.165) is 5.69 Å². The van der Waals surface area contributed by atoms with Gasteiger partial charge in [-0.3, -0.25) is 4.79 Å². The van der Waals surface area contributed by atoms with E-state index in [-0.39, 0.29) is 18.1 Å². The van der Waals surface area contributed by atoms with Crippen molar-refractivity contribution in [2.45, 2.75) is 19.1 Å². The topological polar surface area (TPSA) is 51.7 Å². The van der Waals surface area contributed by atoms with E-state index in [0.29, 0.717) is 23.8 Å². The zero-order chi connectivity index (χ0) is 14.0. The lowest BCUT2D eigenvalue weighted by atomic mass is 10.2. The summed E-state index contributed by atoms with van der Waals surface area (Å²) in [6, 6.07) is 3.31. The van der Waals surface area contributed by atoms with E-state index in [1.54, 1.807) is 31.3 Å². The summed E-state index contributed by atoms with van der Waals surface area (Å²) in [6.45, 7) is 2.85. The quantitative estimate of drug-likeness (QED) is 0.790. The molecular weight excluding hydrogens is 268 g/mol. The molecule has 0 N–H and O–H groups in total. The van der Waals surface area contributed by atoms with Crippen molar-refractivity contribution in [3.63, 3.8) is 0 Å². The third-order valence-electron chi connectivity index (χ3n) is 3.28. The number of hydrogen-bond acceptors (Lipinski definition) is 4. The van der Waals surface area contributed by atoms with Crippen molar-refractivity contribution in [3.8, 4) is 0 Å². The van der Waals surface area contributed by atoms with Crippen molar-refractivity contribution in [3.05, 3.63) is 28.5 Å². The van der Waals surface area contributed by atoms with Crippen LogP contribution >= 0.6 is 11.6 Å². The summed E-state index contributed by atoms with van der Waals surface area (Å²) < 4.78 is 10.6. The van der Waals surface area contributed by atoms with E-state index in [2.05, 4.69) is 4.98 Å². The Kier molecular flexibility index (Phi) is 4.39. The number of amides is 1. The lowest BCUT2D eigenvalue weighted by Gasteiger charge is -2.16. The fourth-order valence-corrected chi connectivity index (χ4v) is 2.55. The predicted molar refractivity (Wildman–Crippen MR) is 71.5 cm³/mol. The van der Waals surface area contributed by atoms with Crippen LogP contribution in [0.4, 0.5) is 0 Å². The fourth-order valence-electron chi connectivity index (χ4n) is 2.30. The van der Waals surface area contributed by atoms with Crippen LogP contribution in [0.2, 0.25) is 5.15 Å². The van der Waals surface area contributed by atoms with Gasteiger partial charge in [-0.2, -0.15) is 0 Å². The molecule has 0 spiro atoms. The van der Waals surface area contributed by atoms with Crippen LogP contribution in [-0.4, -0.2) is 55.3 Å². The number of methoxy groups -OCH3 is 2. The molecule has 0 radical (unpaired) electrons. The number of pyridine rings is 1. The second-order valence-electron chi connectivity index (χ2n) is 4.58. The van der Waals surface area contributed by atoms with Crippen molar-refractivity contribution in [2.24, 2.45) is 0 Å². The number of aromatic nitrogens is 1. The highest BCUT2D eigenvalue weighted by atomic mass is 35.5. The molecule has 19 heavy (non-hydrogen) atoms. The standard InChI is InChI=1S/C13H17ClN2O3/c1-8-4-9(5-12(14)15-8)13(17)16-6-10(18-2)11(7-16)19-3/h4-5,10-11H,6-7H2,1-3H3. The zero-order valence-electron chi connectivity index (χ0n) is 11.2. The van der Waals surface area contributed by atoms with Gasteiger partial charge in [-0.15, -0.1) is 0 Å². The monoisotopic (exact) mass is 284 g/mol.